The number of anilines is 1. The van der Waals surface area contributed by atoms with Crippen molar-refractivity contribution in [2.75, 3.05) is 5.32 Å². The van der Waals surface area contributed by atoms with Crippen molar-refractivity contribution in [3.05, 3.63) is 99.6 Å². The van der Waals surface area contributed by atoms with E-state index in [4.69, 9.17) is 0 Å². The monoisotopic (exact) mass is 418 g/mol. The molecule has 156 valence electrons. The zero-order valence-corrected chi connectivity index (χ0v) is 16.2. The van der Waals surface area contributed by atoms with Gasteiger partial charge in [-0.1, -0.05) is 36.4 Å². The van der Waals surface area contributed by atoms with Crippen molar-refractivity contribution in [2.45, 2.75) is 6.42 Å². The van der Waals surface area contributed by atoms with Crippen LogP contribution in [0.4, 0.5) is 11.4 Å². The summed E-state index contributed by atoms with van der Waals surface area (Å²) in [5.74, 6) is -0.991. The number of non-ortho nitro benzene ring substituents is 1. The second kappa shape index (κ2) is 9.79. The summed E-state index contributed by atoms with van der Waals surface area (Å²) in [5.41, 5.74) is 3.71. The molecule has 3 rings (SSSR count). The molecule has 0 unspecified atom stereocenters. The van der Waals surface area contributed by atoms with Gasteiger partial charge in [0.1, 0.15) is 5.75 Å². The maximum absolute atomic E-state index is 12.3. The Bertz CT molecular complexity index is 1150. The molecule has 0 radical (unpaired) electrons. The number of nitro groups is 1. The number of rotatable bonds is 7. The summed E-state index contributed by atoms with van der Waals surface area (Å²) in [7, 11) is 0. The van der Waals surface area contributed by atoms with Crippen LogP contribution in [0.25, 0.3) is 0 Å². The van der Waals surface area contributed by atoms with Crippen molar-refractivity contribution in [3.63, 3.8) is 0 Å². The van der Waals surface area contributed by atoms with Gasteiger partial charge in [-0.05, 0) is 29.8 Å². The van der Waals surface area contributed by atoms with Gasteiger partial charge in [-0.3, -0.25) is 19.7 Å². The molecule has 0 atom stereocenters. The number of amides is 2. The van der Waals surface area contributed by atoms with Gasteiger partial charge in [0.2, 0.25) is 5.91 Å². The molecule has 0 fully saturated rings. The zero-order valence-electron chi connectivity index (χ0n) is 16.2. The number of nitrogens with one attached hydrogen (secondary N) is 2. The predicted octanol–water partition coefficient (Wildman–Crippen LogP) is 3.25. The molecule has 0 saturated heterocycles. The molecule has 0 bridgehead atoms. The minimum atomic E-state index is -0.604. The largest absolute Gasteiger partial charge is 0.507 e. The number of carbonyl (C=O) groups is 2. The third kappa shape index (κ3) is 5.97. The Balaban J connectivity index is 1.62. The van der Waals surface area contributed by atoms with Crippen molar-refractivity contribution in [1.29, 1.82) is 0 Å². The minimum Gasteiger partial charge on any atom is -0.507 e. The number of phenols is 1. The Morgan fingerprint density at radius 2 is 1.81 bits per heavy atom. The average molecular weight is 418 g/mol. The van der Waals surface area contributed by atoms with Crippen LogP contribution < -0.4 is 10.7 Å². The lowest BCUT2D eigenvalue weighted by molar-refractivity contribution is -0.384. The first-order valence-electron chi connectivity index (χ1n) is 9.17. The Labute approximate surface area is 177 Å². The fourth-order valence-corrected chi connectivity index (χ4v) is 2.71. The summed E-state index contributed by atoms with van der Waals surface area (Å²) < 4.78 is 0. The van der Waals surface area contributed by atoms with Crippen molar-refractivity contribution >= 4 is 29.4 Å². The number of hydrogen-bond acceptors (Lipinski definition) is 6. The van der Waals surface area contributed by atoms with Gasteiger partial charge in [0.15, 0.2) is 0 Å². The number of carbonyl (C=O) groups excluding carboxylic acids is 2. The molecule has 0 aliphatic carbocycles. The summed E-state index contributed by atoms with van der Waals surface area (Å²) in [6.45, 7) is 0. The van der Waals surface area contributed by atoms with Gasteiger partial charge < -0.3 is 10.4 Å². The third-order valence-corrected chi connectivity index (χ3v) is 4.21. The highest BCUT2D eigenvalue weighted by Crippen LogP contribution is 2.21. The first-order chi connectivity index (χ1) is 14.9. The van der Waals surface area contributed by atoms with Crippen LogP contribution in [0.15, 0.2) is 77.9 Å². The lowest BCUT2D eigenvalue weighted by Gasteiger charge is -2.07. The van der Waals surface area contributed by atoms with Crippen LogP contribution in [0.1, 0.15) is 21.5 Å². The summed E-state index contributed by atoms with van der Waals surface area (Å²) in [4.78, 5) is 34.7. The van der Waals surface area contributed by atoms with E-state index in [2.05, 4.69) is 15.8 Å². The lowest BCUT2D eigenvalue weighted by atomic mass is 10.1. The van der Waals surface area contributed by atoms with Crippen LogP contribution in [0.5, 0.6) is 5.75 Å². The molecule has 9 nitrogen and oxygen atoms in total. The average Bonchev–Trinajstić information content (AvgIpc) is 2.75. The van der Waals surface area contributed by atoms with Gasteiger partial charge in [-0.15, -0.1) is 0 Å². The van der Waals surface area contributed by atoms with Crippen LogP contribution in [-0.4, -0.2) is 28.1 Å². The number of hydrogen-bond donors (Lipinski definition) is 3. The predicted molar refractivity (Wildman–Crippen MR) is 115 cm³/mol. The normalized spacial score (nSPS) is 10.6. The van der Waals surface area contributed by atoms with E-state index in [1.165, 1.54) is 12.1 Å². The van der Waals surface area contributed by atoms with Crippen LogP contribution in [-0.2, 0) is 11.2 Å². The van der Waals surface area contributed by atoms with Crippen molar-refractivity contribution in [1.82, 2.24) is 5.43 Å². The van der Waals surface area contributed by atoms with Crippen LogP contribution in [0.3, 0.4) is 0 Å². The lowest BCUT2D eigenvalue weighted by Crippen LogP contribution is -2.19. The highest BCUT2D eigenvalue weighted by atomic mass is 16.6. The second-order valence-electron chi connectivity index (χ2n) is 6.49. The molecule has 0 aliphatic rings. The van der Waals surface area contributed by atoms with Crippen LogP contribution >= 0.6 is 0 Å². The van der Waals surface area contributed by atoms with Gasteiger partial charge in [0.25, 0.3) is 11.6 Å². The first kappa shape index (κ1) is 21.2. The first-order valence-corrected chi connectivity index (χ1v) is 9.17. The van der Waals surface area contributed by atoms with Gasteiger partial charge in [-0.2, -0.15) is 5.10 Å². The maximum Gasteiger partial charge on any atom is 0.271 e. The molecule has 3 aromatic carbocycles. The molecule has 0 saturated carbocycles. The number of nitro benzene ring substituents is 1. The Hall–Kier alpha value is -4.53. The molecular formula is C22H18N4O5. The Kier molecular flexibility index (Phi) is 6.69. The van der Waals surface area contributed by atoms with Gasteiger partial charge >= 0.3 is 0 Å². The van der Waals surface area contributed by atoms with Crippen LogP contribution in [0.2, 0.25) is 0 Å². The smallest absolute Gasteiger partial charge is 0.271 e. The van der Waals surface area contributed by atoms with E-state index in [0.29, 0.717) is 5.69 Å². The van der Waals surface area contributed by atoms with Gasteiger partial charge in [-0.25, -0.2) is 5.43 Å². The number of hydrazone groups is 1. The molecule has 31 heavy (non-hydrogen) atoms. The highest BCUT2D eigenvalue weighted by molar-refractivity contribution is 5.98. The number of benzene rings is 3. The molecule has 0 aliphatic heterocycles. The van der Waals surface area contributed by atoms with Crippen molar-refractivity contribution in [3.8, 4) is 5.75 Å². The molecule has 3 N–H and O–H groups in total. The Morgan fingerprint density at radius 3 is 2.55 bits per heavy atom. The summed E-state index contributed by atoms with van der Waals surface area (Å²) in [6.07, 6.45) is 1.31. The second-order valence-corrected chi connectivity index (χ2v) is 6.49. The number of aromatic hydroxyl groups is 1. The maximum atomic E-state index is 12.3. The molecule has 2 amide bonds. The molecule has 3 aromatic rings. The van der Waals surface area contributed by atoms with E-state index in [-0.39, 0.29) is 34.9 Å². The Morgan fingerprint density at radius 1 is 1.03 bits per heavy atom. The molecule has 0 heterocycles. The topological polar surface area (TPSA) is 134 Å². The standard InChI is InChI=1S/C22H18N4O5/c27-20-10-9-19(26(30)31)13-17(20)14-23-25-22(29)16-7-4-8-18(12-16)24-21(28)11-15-5-2-1-3-6-15/h1-10,12-14,27H,11H2,(H,24,28)(H,25,29)/b23-14-. The molecule has 0 aromatic heterocycles. The summed E-state index contributed by atoms with van der Waals surface area (Å²) in [6, 6.07) is 19.0. The van der Waals surface area contributed by atoms with E-state index >= 15 is 0 Å². The van der Waals surface area contributed by atoms with Gasteiger partial charge in [0.05, 0.1) is 17.6 Å². The number of nitrogens with zero attached hydrogens (tertiary/aromatic N) is 2. The summed E-state index contributed by atoms with van der Waals surface area (Å²) >= 11 is 0. The SMILES string of the molecule is O=C(Cc1ccccc1)Nc1cccc(C(=O)N/N=C\c2cc([N+](=O)[O-])ccc2O)c1. The fourth-order valence-electron chi connectivity index (χ4n) is 2.71. The van der Waals surface area contributed by atoms with E-state index in [1.807, 2.05) is 30.3 Å². The van der Waals surface area contributed by atoms with Crippen LogP contribution in [0, 0.1) is 10.1 Å². The van der Waals surface area contributed by atoms with Crippen molar-refractivity contribution < 1.29 is 19.6 Å². The zero-order chi connectivity index (χ0) is 22.2. The van der Waals surface area contributed by atoms with E-state index < -0.39 is 10.8 Å². The molecule has 9 heteroatoms. The molecular weight excluding hydrogens is 400 g/mol. The quantitative estimate of drug-likeness (QED) is 0.308. The van der Waals surface area contributed by atoms with Crippen molar-refractivity contribution in [2.24, 2.45) is 5.10 Å². The van der Waals surface area contributed by atoms with E-state index in [1.54, 1.807) is 18.2 Å². The third-order valence-electron chi connectivity index (χ3n) is 4.21. The highest BCUT2D eigenvalue weighted by Gasteiger charge is 2.10. The number of phenolic OH excluding ortho intramolecular Hbond substituents is 1. The fraction of sp³-hybridized carbons (Fsp3) is 0.0455. The van der Waals surface area contributed by atoms with E-state index in [9.17, 15) is 24.8 Å². The van der Waals surface area contributed by atoms with Gasteiger partial charge in [0, 0.05) is 28.9 Å². The summed E-state index contributed by atoms with van der Waals surface area (Å²) in [5, 5.41) is 27.0. The minimum absolute atomic E-state index is 0.0800. The van der Waals surface area contributed by atoms with E-state index in [0.717, 1.165) is 23.9 Å². The molecule has 0 spiro atoms.